The molecule has 0 spiro atoms. The number of rotatable bonds is 6. The molecule has 1 heterocycles. The van der Waals surface area contributed by atoms with Crippen molar-refractivity contribution in [3.8, 4) is 0 Å². The molecular weight excluding hydrogens is 360 g/mol. The van der Waals surface area contributed by atoms with Crippen LogP contribution in [0.5, 0.6) is 0 Å². The molecule has 0 radical (unpaired) electrons. The van der Waals surface area contributed by atoms with Crippen LogP contribution in [0.4, 0.5) is 22.9 Å². The van der Waals surface area contributed by atoms with E-state index in [1.807, 2.05) is 43.3 Å². The number of pyridine rings is 1. The van der Waals surface area contributed by atoms with Crippen LogP contribution in [-0.2, 0) is 10.0 Å². The number of aryl methyl sites for hydroxylation is 1. The molecule has 0 bridgehead atoms. The third-order valence-corrected chi connectivity index (χ3v) is 5.60. The molecule has 0 fully saturated rings. The summed E-state index contributed by atoms with van der Waals surface area (Å²) in [6, 6.07) is 18.2. The molecule has 3 aromatic rings. The monoisotopic (exact) mass is 382 g/mol. The summed E-state index contributed by atoms with van der Waals surface area (Å²) < 4.78 is 27.6. The topological polar surface area (TPSA) is 74.3 Å². The van der Waals surface area contributed by atoms with E-state index in [1.54, 1.807) is 43.3 Å². The minimum Gasteiger partial charge on any atom is -0.378 e. The van der Waals surface area contributed by atoms with Gasteiger partial charge < -0.3 is 10.2 Å². The highest BCUT2D eigenvalue weighted by Crippen LogP contribution is 2.22. The van der Waals surface area contributed by atoms with E-state index in [4.69, 9.17) is 0 Å². The van der Waals surface area contributed by atoms with Crippen molar-refractivity contribution in [2.75, 3.05) is 29.0 Å². The van der Waals surface area contributed by atoms with Gasteiger partial charge in [0.25, 0.3) is 10.0 Å². The summed E-state index contributed by atoms with van der Waals surface area (Å²) in [7, 11) is 0.330. The second-order valence-electron chi connectivity index (χ2n) is 6.37. The summed E-state index contributed by atoms with van der Waals surface area (Å²) in [5.41, 5.74) is 3.11. The van der Waals surface area contributed by atoms with E-state index in [0.29, 0.717) is 17.1 Å². The van der Waals surface area contributed by atoms with Crippen LogP contribution < -0.4 is 14.9 Å². The van der Waals surface area contributed by atoms with E-state index in [9.17, 15) is 8.42 Å². The van der Waals surface area contributed by atoms with Crippen LogP contribution in [0.15, 0.2) is 71.8 Å². The molecule has 2 N–H and O–H groups in total. The van der Waals surface area contributed by atoms with E-state index in [0.717, 1.165) is 11.4 Å². The molecule has 0 amide bonds. The summed E-state index contributed by atoms with van der Waals surface area (Å²) in [4.78, 5) is 6.57. The largest absolute Gasteiger partial charge is 0.378 e. The molecule has 0 aliphatic carbocycles. The van der Waals surface area contributed by atoms with Gasteiger partial charge in [-0.15, -0.1) is 0 Å². The number of nitrogens with zero attached hydrogens (tertiary/aromatic N) is 2. The summed E-state index contributed by atoms with van der Waals surface area (Å²) in [6.45, 7) is 1.77. The highest BCUT2D eigenvalue weighted by Gasteiger charge is 2.16. The fourth-order valence-corrected chi connectivity index (χ4v) is 3.88. The van der Waals surface area contributed by atoms with Crippen LogP contribution in [0.1, 0.15) is 5.56 Å². The van der Waals surface area contributed by atoms with Gasteiger partial charge in [-0.1, -0.05) is 18.2 Å². The zero-order valence-corrected chi connectivity index (χ0v) is 16.3. The molecule has 0 unspecified atom stereocenters. The van der Waals surface area contributed by atoms with Gasteiger partial charge in [-0.3, -0.25) is 4.72 Å². The van der Waals surface area contributed by atoms with E-state index < -0.39 is 10.0 Å². The third kappa shape index (κ3) is 4.57. The van der Waals surface area contributed by atoms with Crippen molar-refractivity contribution in [1.29, 1.82) is 0 Å². The first kappa shape index (κ1) is 18.7. The lowest BCUT2D eigenvalue weighted by molar-refractivity contribution is 0.600. The maximum Gasteiger partial charge on any atom is 0.262 e. The summed E-state index contributed by atoms with van der Waals surface area (Å²) >= 11 is 0. The molecule has 0 atom stereocenters. The molecule has 3 rings (SSSR count). The van der Waals surface area contributed by atoms with Crippen molar-refractivity contribution in [2.45, 2.75) is 11.8 Å². The molecule has 0 saturated heterocycles. The van der Waals surface area contributed by atoms with E-state index in [2.05, 4.69) is 15.0 Å². The molecule has 140 valence electrons. The highest BCUT2D eigenvalue weighted by molar-refractivity contribution is 7.92. The Balaban J connectivity index is 1.71. The lowest BCUT2D eigenvalue weighted by Gasteiger charge is -2.13. The van der Waals surface area contributed by atoms with Gasteiger partial charge >= 0.3 is 0 Å². The fourth-order valence-electron chi connectivity index (χ4n) is 2.59. The summed E-state index contributed by atoms with van der Waals surface area (Å²) in [6.07, 6.45) is 1.49. The molecule has 6 nitrogen and oxygen atoms in total. The first-order chi connectivity index (χ1) is 12.8. The Hall–Kier alpha value is -3.06. The number of nitrogens with one attached hydrogen (secondary N) is 2. The first-order valence-corrected chi connectivity index (χ1v) is 9.92. The number of hydrogen-bond acceptors (Lipinski definition) is 5. The normalized spacial score (nSPS) is 11.1. The molecule has 7 heteroatoms. The fraction of sp³-hybridized carbons (Fsp3) is 0.150. The second kappa shape index (κ2) is 7.67. The van der Waals surface area contributed by atoms with Crippen molar-refractivity contribution >= 4 is 32.9 Å². The van der Waals surface area contributed by atoms with Gasteiger partial charge in [0.05, 0.1) is 16.8 Å². The lowest BCUT2D eigenvalue weighted by Crippen LogP contribution is -2.14. The molecular formula is C20H22N4O2S. The third-order valence-electron chi connectivity index (χ3n) is 4.05. The van der Waals surface area contributed by atoms with Gasteiger partial charge in [0.2, 0.25) is 0 Å². The quantitative estimate of drug-likeness (QED) is 0.674. The zero-order chi connectivity index (χ0) is 19.4. The average molecular weight is 382 g/mol. The SMILES string of the molecule is Cc1ccccc1S(=O)(=O)Nc1ccc(Nc2ccc(N(C)C)cc2)nc1. The molecule has 0 aliphatic rings. The zero-order valence-electron chi connectivity index (χ0n) is 15.5. The van der Waals surface area contributed by atoms with E-state index >= 15 is 0 Å². The standard InChI is InChI=1S/C20H22N4O2S/c1-15-6-4-5-7-19(15)27(25,26)23-17-10-13-20(21-14-17)22-16-8-11-18(12-9-16)24(2)3/h4-14,23H,1-3H3,(H,21,22). The number of benzene rings is 2. The molecule has 27 heavy (non-hydrogen) atoms. The highest BCUT2D eigenvalue weighted by atomic mass is 32.2. The average Bonchev–Trinajstić information content (AvgIpc) is 2.64. The van der Waals surface area contributed by atoms with Crippen LogP contribution in [0.25, 0.3) is 0 Å². The van der Waals surface area contributed by atoms with Gasteiger partial charge in [-0.2, -0.15) is 0 Å². The van der Waals surface area contributed by atoms with Crippen LogP contribution in [0.3, 0.4) is 0 Å². The first-order valence-electron chi connectivity index (χ1n) is 8.44. The Labute approximate surface area is 159 Å². The Morgan fingerprint density at radius 3 is 2.15 bits per heavy atom. The van der Waals surface area contributed by atoms with Crippen LogP contribution in [0, 0.1) is 6.92 Å². The second-order valence-corrected chi connectivity index (χ2v) is 8.02. The number of aromatic nitrogens is 1. The Morgan fingerprint density at radius 1 is 0.889 bits per heavy atom. The van der Waals surface area contributed by atoms with Gasteiger partial charge in [0, 0.05) is 25.5 Å². The van der Waals surface area contributed by atoms with Crippen molar-refractivity contribution in [3.05, 3.63) is 72.4 Å². The van der Waals surface area contributed by atoms with Gasteiger partial charge in [-0.25, -0.2) is 13.4 Å². The molecule has 0 aliphatic heterocycles. The van der Waals surface area contributed by atoms with Crippen LogP contribution >= 0.6 is 0 Å². The molecule has 1 aromatic heterocycles. The molecule has 0 saturated carbocycles. The smallest absolute Gasteiger partial charge is 0.262 e. The summed E-state index contributed by atoms with van der Waals surface area (Å²) in [5.74, 6) is 0.631. The van der Waals surface area contributed by atoms with Crippen molar-refractivity contribution < 1.29 is 8.42 Å². The lowest BCUT2D eigenvalue weighted by atomic mass is 10.2. The van der Waals surface area contributed by atoms with Crippen molar-refractivity contribution in [3.63, 3.8) is 0 Å². The minimum atomic E-state index is -3.64. The number of anilines is 4. The Bertz CT molecular complexity index is 1010. The van der Waals surface area contributed by atoms with Gasteiger partial charge in [0.1, 0.15) is 5.82 Å². The molecule has 2 aromatic carbocycles. The van der Waals surface area contributed by atoms with Crippen molar-refractivity contribution in [1.82, 2.24) is 4.98 Å². The minimum absolute atomic E-state index is 0.258. The van der Waals surface area contributed by atoms with Crippen LogP contribution in [0.2, 0.25) is 0 Å². The number of sulfonamides is 1. The Morgan fingerprint density at radius 2 is 1.56 bits per heavy atom. The van der Waals surface area contributed by atoms with Gasteiger partial charge in [-0.05, 0) is 55.0 Å². The predicted octanol–water partition coefficient (Wildman–Crippen LogP) is 4.00. The summed E-state index contributed by atoms with van der Waals surface area (Å²) in [5, 5.41) is 3.19. The van der Waals surface area contributed by atoms with Gasteiger partial charge in [0.15, 0.2) is 0 Å². The Kier molecular flexibility index (Phi) is 5.32. The van der Waals surface area contributed by atoms with Crippen LogP contribution in [-0.4, -0.2) is 27.5 Å². The maximum absolute atomic E-state index is 12.5. The van der Waals surface area contributed by atoms with Crippen molar-refractivity contribution in [2.24, 2.45) is 0 Å². The van der Waals surface area contributed by atoms with E-state index in [1.165, 1.54) is 6.20 Å². The van der Waals surface area contributed by atoms with E-state index in [-0.39, 0.29) is 4.90 Å². The predicted molar refractivity (Wildman–Crippen MR) is 110 cm³/mol. The maximum atomic E-state index is 12.5. The number of hydrogen-bond donors (Lipinski definition) is 2.